The van der Waals surface area contributed by atoms with E-state index in [9.17, 15) is 13.6 Å². The van der Waals surface area contributed by atoms with Gasteiger partial charge >= 0.3 is 0 Å². The van der Waals surface area contributed by atoms with Crippen LogP contribution >= 0.6 is 0 Å². The Morgan fingerprint density at radius 2 is 1.74 bits per heavy atom. The van der Waals surface area contributed by atoms with E-state index in [2.05, 4.69) is 15.5 Å². The molecule has 0 atom stereocenters. The highest BCUT2D eigenvalue weighted by molar-refractivity contribution is 5.77. The number of nitrogens with zero attached hydrogens (tertiary/aromatic N) is 2. The molecule has 3 aromatic carbocycles. The van der Waals surface area contributed by atoms with Gasteiger partial charge in [0.2, 0.25) is 5.82 Å². The molecular formula is C23H17F2N3O3. The van der Waals surface area contributed by atoms with Gasteiger partial charge in [-0.2, -0.15) is 4.98 Å². The first-order valence-electron chi connectivity index (χ1n) is 9.41. The second-order valence-corrected chi connectivity index (χ2v) is 6.61. The molecule has 0 bridgehead atoms. The van der Waals surface area contributed by atoms with Gasteiger partial charge in [0.25, 0.3) is 11.8 Å². The molecule has 6 nitrogen and oxygen atoms in total. The number of amides is 1. The van der Waals surface area contributed by atoms with Crippen molar-refractivity contribution >= 4 is 5.91 Å². The Morgan fingerprint density at radius 3 is 2.52 bits per heavy atom. The number of nitrogens with one attached hydrogen (secondary N) is 1. The van der Waals surface area contributed by atoms with Gasteiger partial charge < -0.3 is 14.6 Å². The minimum Gasteiger partial charge on any atom is -0.484 e. The van der Waals surface area contributed by atoms with Crippen molar-refractivity contribution < 1.29 is 22.8 Å². The number of halogens is 2. The predicted octanol–water partition coefficient (Wildman–Crippen LogP) is 4.38. The summed E-state index contributed by atoms with van der Waals surface area (Å²) in [6.07, 6.45) is 0. The molecule has 0 fully saturated rings. The monoisotopic (exact) mass is 421 g/mol. The Morgan fingerprint density at radius 1 is 0.968 bits per heavy atom. The average Bonchev–Trinajstić information content (AvgIpc) is 3.29. The molecule has 4 aromatic rings. The Balaban J connectivity index is 1.31. The van der Waals surface area contributed by atoms with Crippen LogP contribution in [0.4, 0.5) is 8.78 Å². The minimum absolute atomic E-state index is 0.0622. The van der Waals surface area contributed by atoms with Crippen LogP contribution in [0.15, 0.2) is 77.3 Å². The fourth-order valence-electron chi connectivity index (χ4n) is 2.81. The second kappa shape index (κ2) is 9.17. The van der Waals surface area contributed by atoms with Crippen LogP contribution in [-0.4, -0.2) is 22.7 Å². The van der Waals surface area contributed by atoms with Crippen LogP contribution in [-0.2, 0) is 11.3 Å². The molecule has 0 radical (unpaired) electrons. The highest BCUT2D eigenvalue weighted by atomic mass is 19.1. The zero-order valence-corrected chi connectivity index (χ0v) is 16.2. The molecule has 1 aromatic heterocycles. The third-order valence-corrected chi connectivity index (χ3v) is 4.41. The second-order valence-electron chi connectivity index (χ2n) is 6.61. The van der Waals surface area contributed by atoms with E-state index in [-0.39, 0.29) is 18.7 Å². The van der Waals surface area contributed by atoms with Crippen molar-refractivity contribution in [2.24, 2.45) is 0 Å². The number of ether oxygens (including phenoxy) is 1. The van der Waals surface area contributed by atoms with E-state index in [1.54, 1.807) is 24.3 Å². The lowest BCUT2D eigenvalue weighted by atomic mass is 10.2. The molecule has 1 heterocycles. The number of carbonyl (C=O) groups excluding carboxylic acids is 1. The van der Waals surface area contributed by atoms with Crippen molar-refractivity contribution in [3.05, 3.63) is 90.0 Å². The molecule has 0 aliphatic heterocycles. The van der Waals surface area contributed by atoms with Gasteiger partial charge in [-0.15, -0.1) is 0 Å². The first-order valence-corrected chi connectivity index (χ1v) is 9.41. The van der Waals surface area contributed by atoms with Gasteiger partial charge in [-0.05, 0) is 42.5 Å². The molecule has 0 aliphatic carbocycles. The number of hydrogen-bond acceptors (Lipinski definition) is 5. The Bertz CT molecular complexity index is 1180. The van der Waals surface area contributed by atoms with Gasteiger partial charge in [0.1, 0.15) is 17.4 Å². The van der Waals surface area contributed by atoms with E-state index in [0.29, 0.717) is 23.0 Å². The molecule has 31 heavy (non-hydrogen) atoms. The van der Waals surface area contributed by atoms with Crippen LogP contribution in [0.25, 0.3) is 22.8 Å². The lowest BCUT2D eigenvalue weighted by molar-refractivity contribution is -0.123. The van der Waals surface area contributed by atoms with E-state index in [1.807, 2.05) is 30.3 Å². The Kier molecular flexibility index (Phi) is 5.98. The molecular weight excluding hydrogens is 404 g/mol. The number of benzene rings is 3. The largest absolute Gasteiger partial charge is 0.484 e. The van der Waals surface area contributed by atoms with E-state index in [4.69, 9.17) is 9.26 Å². The van der Waals surface area contributed by atoms with Crippen molar-refractivity contribution in [1.29, 1.82) is 0 Å². The number of rotatable bonds is 7. The molecule has 0 unspecified atom stereocenters. The quantitative estimate of drug-likeness (QED) is 0.479. The zero-order valence-electron chi connectivity index (χ0n) is 16.2. The van der Waals surface area contributed by atoms with Crippen molar-refractivity contribution in [2.75, 3.05) is 6.61 Å². The molecule has 1 amide bonds. The Hall–Kier alpha value is -4.07. The zero-order chi connectivity index (χ0) is 21.6. The number of carbonyl (C=O) groups is 1. The Labute approximate surface area is 176 Å². The fourth-order valence-corrected chi connectivity index (χ4v) is 2.81. The standard InChI is InChI=1S/C23H17F2N3O3/c24-18-8-11-20(25)17(12-18)13-26-21(29)14-30-19-9-6-16(7-10-19)23-27-22(28-31-23)15-4-2-1-3-5-15/h1-12H,13-14H2,(H,26,29). The molecule has 156 valence electrons. The van der Waals surface area contributed by atoms with Gasteiger partial charge in [0.15, 0.2) is 6.61 Å². The third-order valence-electron chi connectivity index (χ3n) is 4.41. The SMILES string of the molecule is O=C(COc1ccc(-c2nc(-c3ccccc3)no2)cc1)NCc1cc(F)ccc1F. The summed E-state index contributed by atoms with van der Waals surface area (Å²) in [6.45, 7) is -0.402. The number of hydrogen-bond donors (Lipinski definition) is 1. The highest BCUT2D eigenvalue weighted by Crippen LogP contribution is 2.24. The maximum atomic E-state index is 13.6. The van der Waals surface area contributed by atoms with Crippen molar-refractivity contribution in [3.8, 4) is 28.6 Å². The van der Waals surface area contributed by atoms with Crippen LogP contribution < -0.4 is 10.1 Å². The van der Waals surface area contributed by atoms with Crippen molar-refractivity contribution in [3.63, 3.8) is 0 Å². The first kappa shape index (κ1) is 20.2. The van der Waals surface area contributed by atoms with E-state index in [1.165, 1.54) is 0 Å². The topological polar surface area (TPSA) is 77.2 Å². The maximum Gasteiger partial charge on any atom is 0.258 e. The summed E-state index contributed by atoms with van der Waals surface area (Å²) in [5.41, 5.74) is 1.61. The van der Waals surface area contributed by atoms with Gasteiger partial charge in [-0.3, -0.25) is 4.79 Å². The molecule has 1 N–H and O–H groups in total. The lowest BCUT2D eigenvalue weighted by Crippen LogP contribution is -2.28. The van der Waals surface area contributed by atoms with Gasteiger partial charge in [-0.1, -0.05) is 35.5 Å². The highest BCUT2D eigenvalue weighted by Gasteiger charge is 2.11. The normalized spacial score (nSPS) is 10.6. The molecule has 0 saturated heterocycles. The molecule has 4 rings (SSSR count). The smallest absolute Gasteiger partial charge is 0.258 e. The van der Waals surface area contributed by atoms with Crippen LogP contribution in [0.1, 0.15) is 5.56 Å². The number of aromatic nitrogens is 2. The minimum atomic E-state index is -0.588. The summed E-state index contributed by atoms with van der Waals surface area (Å²) in [4.78, 5) is 16.3. The fraction of sp³-hybridized carbons (Fsp3) is 0.0870. The van der Waals surface area contributed by atoms with Crippen LogP contribution in [0.5, 0.6) is 5.75 Å². The summed E-state index contributed by atoms with van der Waals surface area (Å²) >= 11 is 0. The molecule has 0 aliphatic rings. The summed E-state index contributed by atoms with van der Waals surface area (Å²) in [6, 6.07) is 19.3. The van der Waals surface area contributed by atoms with E-state index >= 15 is 0 Å². The first-order chi connectivity index (χ1) is 15.1. The summed E-state index contributed by atoms with van der Waals surface area (Å²) in [5.74, 6) is -0.313. The maximum absolute atomic E-state index is 13.6. The van der Waals surface area contributed by atoms with Crippen LogP contribution in [0.3, 0.4) is 0 Å². The van der Waals surface area contributed by atoms with Crippen LogP contribution in [0, 0.1) is 11.6 Å². The lowest BCUT2D eigenvalue weighted by Gasteiger charge is -2.08. The van der Waals surface area contributed by atoms with E-state index < -0.39 is 17.5 Å². The van der Waals surface area contributed by atoms with Gasteiger partial charge in [0, 0.05) is 23.2 Å². The molecule has 0 saturated carbocycles. The summed E-state index contributed by atoms with van der Waals surface area (Å²) in [5, 5.41) is 6.47. The average molecular weight is 421 g/mol. The van der Waals surface area contributed by atoms with Crippen molar-refractivity contribution in [1.82, 2.24) is 15.5 Å². The summed E-state index contributed by atoms with van der Waals surface area (Å²) < 4.78 is 37.5. The van der Waals surface area contributed by atoms with Crippen LogP contribution in [0.2, 0.25) is 0 Å². The summed E-state index contributed by atoms with van der Waals surface area (Å²) in [7, 11) is 0. The molecule has 0 spiro atoms. The van der Waals surface area contributed by atoms with Gasteiger partial charge in [0.05, 0.1) is 0 Å². The third kappa shape index (κ3) is 5.11. The van der Waals surface area contributed by atoms with E-state index in [0.717, 1.165) is 23.8 Å². The predicted molar refractivity (Wildman–Crippen MR) is 109 cm³/mol. The molecule has 8 heteroatoms. The van der Waals surface area contributed by atoms with Crippen molar-refractivity contribution in [2.45, 2.75) is 6.54 Å². The van der Waals surface area contributed by atoms with Gasteiger partial charge in [-0.25, -0.2) is 8.78 Å².